The quantitative estimate of drug-likeness (QED) is 0.0500. The van der Waals surface area contributed by atoms with E-state index in [1.807, 2.05) is 98.8 Å². The summed E-state index contributed by atoms with van der Waals surface area (Å²) in [6.45, 7) is 16.2. The maximum absolute atomic E-state index is 13.9. The Hall–Kier alpha value is -5.51. The number of rotatable bonds is 20. The lowest BCUT2D eigenvalue weighted by molar-refractivity contribution is -0.141. The molecular weight excluding hydrogens is 684 g/mol. The fraction of sp³-hybridized carbons (Fsp3) is 0.311. The van der Waals surface area contributed by atoms with Gasteiger partial charge in [-0.05, 0) is 72.5 Å². The molecule has 0 spiro atoms. The van der Waals surface area contributed by atoms with Crippen molar-refractivity contribution in [3.8, 4) is 33.8 Å². The van der Waals surface area contributed by atoms with Gasteiger partial charge < -0.3 is 28.4 Å². The topological polar surface area (TPSA) is 107 Å². The molecule has 0 N–H and O–H groups in total. The van der Waals surface area contributed by atoms with E-state index in [4.69, 9.17) is 28.4 Å². The van der Waals surface area contributed by atoms with Gasteiger partial charge in [0.1, 0.15) is 11.5 Å². The van der Waals surface area contributed by atoms with Crippen molar-refractivity contribution in [1.29, 1.82) is 0 Å². The van der Waals surface area contributed by atoms with Crippen LogP contribution < -0.4 is 9.47 Å². The average Bonchev–Trinajstić information content (AvgIpc) is 3.18. The Morgan fingerprint density at radius 3 is 1.31 bits per heavy atom. The number of hydrogen-bond acceptors (Lipinski definition) is 9. The van der Waals surface area contributed by atoms with E-state index in [0.717, 1.165) is 33.4 Å². The van der Waals surface area contributed by atoms with Crippen LogP contribution in [0.3, 0.4) is 0 Å². The molecule has 0 aromatic heterocycles. The third-order valence-corrected chi connectivity index (χ3v) is 8.49. The Labute approximate surface area is 318 Å². The van der Waals surface area contributed by atoms with Gasteiger partial charge in [0.05, 0.1) is 53.9 Å². The van der Waals surface area contributed by atoms with Crippen LogP contribution in [0.2, 0.25) is 0 Å². The lowest BCUT2D eigenvalue weighted by atomic mass is 9.95. The highest BCUT2D eigenvalue weighted by Gasteiger charge is 2.16. The predicted molar refractivity (Wildman–Crippen MR) is 209 cm³/mol. The highest BCUT2D eigenvalue weighted by Crippen LogP contribution is 2.31. The van der Waals surface area contributed by atoms with Crippen molar-refractivity contribution >= 4 is 17.7 Å². The second-order valence-electron chi connectivity index (χ2n) is 13.5. The SMILES string of the molecule is C=C(C)C(=O)OCC(C)COCc1cc(-c2cccc(C(=O)c3cccc(-c4ccc(OC)c(COCC(C)COC(=O)C(=C)C)c4)c3)c2)ccc1OC. The summed E-state index contributed by atoms with van der Waals surface area (Å²) in [7, 11) is 3.23. The molecule has 9 heteroatoms. The number of carbonyl (C=O) groups is 3. The molecule has 0 aliphatic heterocycles. The molecule has 0 saturated heterocycles. The minimum atomic E-state index is -0.414. The summed E-state index contributed by atoms with van der Waals surface area (Å²) >= 11 is 0. The molecule has 4 aromatic carbocycles. The van der Waals surface area contributed by atoms with Gasteiger partial charge in [-0.2, -0.15) is 0 Å². The Balaban J connectivity index is 1.45. The maximum atomic E-state index is 13.9. The molecule has 0 heterocycles. The smallest absolute Gasteiger partial charge is 0.333 e. The minimum absolute atomic E-state index is 0.00357. The number of benzene rings is 4. The molecule has 284 valence electrons. The molecule has 0 amide bonds. The van der Waals surface area contributed by atoms with E-state index < -0.39 is 11.9 Å². The zero-order valence-electron chi connectivity index (χ0n) is 32.1. The zero-order valence-corrected chi connectivity index (χ0v) is 32.1. The van der Waals surface area contributed by atoms with E-state index >= 15 is 0 Å². The first kappa shape index (κ1) is 41.2. The summed E-state index contributed by atoms with van der Waals surface area (Å²) in [5, 5.41) is 0. The summed E-state index contributed by atoms with van der Waals surface area (Å²) in [5.74, 6) is 0.440. The first-order valence-corrected chi connectivity index (χ1v) is 17.8. The number of carbonyl (C=O) groups excluding carboxylic acids is 3. The van der Waals surface area contributed by atoms with Crippen LogP contribution in [0.25, 0.3) is 22.3 Å². The monoisotopic (exact) mass is 734 g/mol. The van der Waals surface area contributed by atoms with Crippen molar-refractivity contribution in [1.82, 2.24) is 0 Å². The lowest BCUT2D eigenvalue weighted by Gasteiger charge is -2.15. The standard InChI is InChI=1S/C45H50O9/c1-29(2)44(47)53-25-31(5)23-51-27-39-21-35(15-17-41(39)49-7)33-11-9-13-37(19-33)43(46)38-14-10-12-34(20-38)36-16-18-42(50-8)40(22-36)28-52-24-32(6)26-54-45(48)30(3)4/h9-22,31-32H,1,3,23-28H2,2,4-8H3. The Kier molecular flexibility index (Phi) is 15.3. The summed E-state index contributed by atoms with van der Waals surface area (Å²) < 4.78 is 33.6. The highest BCUT2D eigenvalue weighted by molar-refractivity contribution is 6.10. The van der Waals surface area contributed by atoms with E-state index in [0.29, 0.717) is 60.2 Å². The van der Waals surface area contributed by atoms with Crippen molar-refractivity contribution in [2.24, 2.45) is 11.8 Å². The van der Waals surface area contributed by atoms with E-state index in [1.54, 1.807) is 28.1 Å². The molecule has 0 aliphatic rings. The summed E-state index contributed by atoms with van der Waals surface area (Å²) in [6, 6.07) is 26.8. The highest BCUT2D eigenvalue weighted by atomic mass is 16.5. The second-order valence-corrected chi connectivity index (χ2v) is 13.5. The summed E-state index contributed by atoms with van der Waals surface area (Å²) in [4.78, 5) is 37.3. The number of hydrogen-bond donors (Lipinski definition) is 0. The van der Waals surface area contributed by atoms with E-state index in [2.05, 4.69) is 13.2 Å². The van der Waals surface area contributed by atoms with E-state index in [1.165, 1.54) is 0 Å². The Morgan fingerprint density at radius 2 is 0.944 bits per heavy atom. The van der Waals surface area contributed by atoms with Gasteiger partial charge in [0.15, 0.2) is 5.78 Å². The molecular formula is C45H50O9. The van der Waals surface area contributed by atoms with Gasteiger partial charge in [0.2, 0.25) is 0 Å². The van der Waals surface area contributed by atoms with Crippen LogP contribution in [0.5, 0.6) is 11.5 Å². The Bertz CT molecular complexity index is 1820. The van der Waals surface area contributed by atoms with Crippen LogP contribution in [0, 0.1) is 11.8 Å². The van der Waals surface area contributed by atoms with E-state index in [9.17, 15) is 14.4 Å². The number of methoxy groups -OCH3 is 2. The molecule has 0 saturated carbocycles. The van der Waals surface area contributed by atoms with Gasteiger partial charge in [-0.25, -0.2) is 9.59 Å². The number of esters is 2. The largest absolute Gasteiger partial charge is 0.496 e. The van der Waals surface area contributed by atoms with Crippen LogP contribution in [0.4, 0.5) is 0 Å². The van der Waals surface area contributed by atoms with Crippen LogP contribution in [0.1, 0.15) is 54.7 Å². The fourth-order valence-corrected chi connectivity index (χ4v) is 5.51. The molecule has 0 bridgehead atoms. The molecule has 2 atom stereocenters. The molecule has 0 fully saturated rings. The lowest BCUT2D eigenvalue weighted by Crippen LogP contribution is -2.16. The number of ether oxygens (including phenoxy) is 6. The third-order valence-electron chi connectivity index (χ3n) is 8.49. The van der Waals surface area contributed by atoms with Crippen molar-refractivity contribution in [2.45, 2.75) is 40.9 Å². The van der Waals surface area contributed by atoms with Gasteiger partial charge in [0, 0.05) is 45.2 Å². The predicted octanol–water partition coefficient (Wildman–Crippen LogP) is 8.81. The van der Waals surface area contributed by atoms with E-state index in [-0.39, 0.29) is 30.8 Å². The maximum Gasteiger partial charge on any atom is 0.333 e. The molecule has 0 aliphatic carbocycles. The van der Waals surface area contributed by atoms with Crippen molar-refractivity contribution in [3.05, 3.63) is 131 Å². The van der Waals surface area contributed by atoms with Crippen molar-refractivity contribution in [3.63, 3.8) is 0 Å². The fourth-order valence-electron chi connectivity index (χ4n) is 5.51. The molecule has 0 radical (unpaired) electrons. The summed E-state index contributed by atoms with van der Waals surface area (Å²) in [6.07, 6.45) is 0. The first-order valence-electron chi connectivity index (χ1n) is 17.8. The molecule has 4 aromatic rings. The van der Waals surface area contributed by atoms with Gasteiger partial charge in [-0.3, -0.25) is 4.79 Å². The second kappa shape index (κ2) is 20.1. The third kappa shape index (κ3) is 11.7. The number of ketones is 1. The first-order chi connectivity index (χ1) is 25.9. The van der Waals surface area contributed by atoms with Crippen LogP contribution in [-0.2, 0) is 41.8 Å². The van der Waals surface area contributed by atoms with Crippen molar-refractivity contribution < 1.29 is 42.8 Å². The van der Waals surface area contributed by atoms with Crippen LogP contribution >= 0.6 is 0 Å². The normalized spacial score (nSPS) is 12.0. The van der Waals surface area contributed by atoms with Gasteiger partial charge >= 0.3 is 11.9 Å². The van der Waals surface area contributed by atoms with Crippen LogP contribution in [-0.4, -0.2) is 58.4 Å². The van der Waals surface area contributed by atoms with Gasteiger partial charge in [-0.1, -0.05) is 75.5 Å². The van der Waals surface area contributed by atoms with Gasteiger partial charge in [0.25, 0.3) is 0 Å². The zero-order chi connectivity index (χ0) is 39.2. The average molecular weight is 735 g/mol. The molecule has 4 rings (SSSR count). The van der Waals surface area contributed by atoms with Crippen LogP contribution in [0.15, 0.2) is 109 Å². The molecule has 2 unspecified atom stereocenters. The molecule has 54 heavy (non-hydrogen) atoms. The Morgan fingerprint density at radius 1 is 0.556 bits per heavy atom. The molecule has 9 nitrogen and oxygen atoms in total. The van der Waals surface area contributed by atoms with Crippen molar-refractivity contribution in [2.75, 3.05) is 40.6 Å². The summed E-state index contributed by atoms with van der Waals surface area (Å²) in [5.41, 5.74) is 7.13. The minimum Gasteiger partial charge on any atom is -0.496 e. The van der Waals surface area contributed by atoms with Gasteiger partial charge in [-0.15, -0.1) is 0 Å².